The van der Waals surface area contributed by atoms with Crippen LogP contribution < -0.4 is 10.1 Å². The summed E-state index contributed by atoms with van der Waals surface area (Å²) in [6, 6.07) is 10.7. The van der Waals surface area contributed by atoms with Crippen molar-refractivity contribution in [2.75, 3.05) is 12.4 Å². The first-order valence-corrected chi connectivity index (χ1v) is 13.2. The molecule has 2 heterocycles. The van der Waals surface area contributed by atoms with E-state index in [9.17, 15) is 23.1 Å². The molecule has 40 heavy (non-hydrogen) atoms. The third kappa shape index (κ3) is 5.32. The van der Waals surface area contributed by atoms with Crippen molar-refractivity contribution in [3.05, 3.63) is 65.0 Å². The number of methoxy groups -OCH3 is 1. The highest BCUT2D eigenvalue weighted by Crippen LogP contribution is 2.37. The molecule has 1 atom stereocenters. The van der Waals surface area contributed by atoms with E-state index in [2.05, 4.69) is 15.3 Å². The van der Waals surface area contributed by atoms with Crippen LogP contribution in [0.2, 0.25) is 0 Å². The fraction of sp³-hybridized carbons (Fsp3) is 0.379. The zero-order chi connectivity index (χ0) is 28.6. The molecule has 8 nitrogen and oxygen atoms in total. The summed E-state index contributed by atoms with van der Waals surface area (Å²) in [5, 5.41) is 13.1. The predicted octanol–water partition coefficient (Wildman–Crippen LogP) is 6.43. The van der Waals surface area contributed by atoms with Gasteiger partial charge in [0.2, 0.25) is 5.82 Å². The molecule has 0 aliphatic heterocycles. The number of hydrogen-bond donors (Lipinski definition) is 2. The zero-order valence-corrected chi connectivity index (χ0v) is 22.4. The van der Waals surface area contributed by atoms with E-state index in [1.807, 2.05) is 36.6 Å². The predicted molar refractivity (Wildman–Crippen MR) is 145 cm³/mol. The van der Waals surface area contributed by atoms with E-state index in [0.717, 1.165) is 43.4 Å². The molecule has 4 aromatic rings. The van der Waals surface area contributed by atoms with Crippen LogP contribution in [0.3, 0.4) is 0 Å². The summed E-state index contributed by atoms with van der Waals surface area (Å²) in [5.41, 5.74) is 2.17. The second-order valence-corrected chi connectivity index (χ2v) is 10.1. The van der Waals surface area contributed by atoms with Crippen LogP contribution in [-0.4, -0.2) is 43.7 Å². The van der Waals surface area contributed by atoms with Crippen LogP contribution in [0.1, 0.15) is 60.4 Å². The number of carboxylic acid groups (broad SMARTS) is 1. The minimum atomic E-state index is -4.45. The van der Waals surface area contributed by atoms with E-state index in [0.29, 0.717) is 40.0 Å². The molecule has 5 rings (SSSR count). The van der Waals surface area contributed by atoms with E-state index < -0.39 is 23.5 Å². The maximum absolute atomic E-state index is 13.2. The minimum Gasteiger partial charge on any atom is -0.496 e. The van der Waals surface area contributed by atoms with Crippen molar-refractivity contribution in [2.45, 2.75) is 58.3 Å². The maximum atomic E-state index is 13.2. The summed E-state index contributed by atoms with van der Waals surface area (Å²) in [6.45, 7) is 4.19. The maximum Gasteiger partial charge on any atom is 0.416 e. The molecule has 0 unspecified atom stereocenters. The lowest BCUT2D eigenvalue weighted by molar-refractivity contribution is -0.137. The van der Waals surface area contributed by atoms with Gasteiger partial charge < -0.3 is 19.7 Å². The summed E-state index contributed by atoms with van der Waals surface area (Å²) in [4.78, 5) is 25.3. The Labute approximate surface area is 229 Å². The normalized spacial score (nSPS) is 14.7. The highest BCUT2D eigenvalue weighted by molar-refractivity contribution is 5.92. The van der Waals surface area contributed by atoms with Gasteiger partial charge in [-0.25, -0.2) is 19.7 Å². The molecule has 210 valence electrons. The summed E-state index contributed by atoms with van der Waals surface area (Å²) in [5.74, 6) is 0.0492. The number of imidazole rings is 1. The Bertz CT molecular complexity index is 1550. The smallest absolute Gasteiger partial charge is 0.416 e. The molecule has 0 bridgehead atoms. The number of aromatic nitrogens is 4. The summed E-state index contributed by atoms with van der Waals surface area (Å²) < 4.78 is 47.1. The Morgan fingerprint density at radius 2 is 1.82 bits per heavy atom. The van der Waals surface area contributed by atoms with Gasteiger partial charge in [-0.1, -0.05) is 31.5 Å². The largest absolute Gasteiger partial charge is 0.496 e. The van der Waals surface area contributed by atoms with Gasteiger partial charge in [0.1, 0.15) is 17.1 Å². The molecule has 1 saturated carbocycles. The number of aryl methyl sites for hydroxylation is 1. The molecule has 2 N–H and O–H groups in total. The van der Waals surface area contributed by atoms with Gasteiger partial charge in [0.05, 0.1) is 18.2 Å². The average Bonchev–Trinajstić information content (AvgIpc) is 3.25. The Morgan fingerprint density at radius 3 is 2.40 bits per heavy atom. The second kappa shape index (κ2) is 10.8. The molecule has 2 aromatic carbocycles. The van der Waals surface area contributed by atoms with Crippen LogP contribution in [-0.2, 0) is 19.1 Å². The number of rotatable bonds is 9. The van der Waals surface area contributed by atoms with Gasteiger partial charge >= 0.3 is 12.1 Å². The Kier molecular flexibility index (Phi) is 7.39. The topological polar surface area (TPSA) is 102 Å². The summed E-state index contributed by atoms with van der Waals surface area (Å²) in [6.07, 6.45) is -0.434. The van der Waals surface area contributed by atoms with Crippen LogP contribution in [0.25, 0.3) is 22.6 Å². The lowest BCUT2D eigenvalue weighted by Gasteiger charge is -2.32. The van der Waals surface area contributed by atoms with Gasteiger partial charge in [-0.05, 0) is 67.5 Å². The van der Waals surface area contributed by atoms with Crippen LogP contribution >= 0.6 is 0 Å². The minimum absolute atomic E-state index is 0.0179. The molecule has 1 aliphatic rings. The number of aromatic carboxylic acids is 1. The number of hydrogen-bond acceptors (Lipinski definition) is 6. The summed E-state index contributed by atoms with van der Waals surface area (Å²) in [7, 11) is 1.54. The van der Waals surface area contributed by atoms with E-state index in [-0.39, 0.29) is 18.2 Å². The van der Waals surface area contributed by atoms with Gasteiger partial charge in [-0.15, -0.1) is 0 Å². The quantitative estimate of drug-likeness (QED) is 0.246. The number of halogens is 3. The number of fused-ring (bicyclic) bond motifs is 1. The lowest BCUT2D eigenvalue weighted by Crippen LogP contribution is -2.31. The van der Waals surface area contributed by atoms with Gasteiger partial charge in [0.25, 0.3) is 0 Å². The van der Waals surface area contributed by atoms with Gasteiger partial charge in [0, 0.05) is 12.6 Å². The highest BCUT2D eigenvalue weighted by atomic mass is 19.4. The summed E-state index contributed by atoms with van der Waals surface area (Å²) >= 11 is 0. The van der Waals surface area contributed by atoms with Crippen LogP contribution in [0.4, 0.5) is 19.0 Å². The molecule has 0 spiro atoms. The number of carboxylic acids is 1. The van der Waals surface area contributed by atoms with E-state index in [1.54, 1.807) is 7.11 Å². The van der Waals surface area contributed by atoms with E-state index in [1.165, 1.54) is 12.1 Å². The molecular formula is C29H30F3N5O3. The molecule has 0 amide bonds. The number of nitrogens with one attached hydrogen (secondary N) is 1. The number of nitrogens with zero attached hydrogens (tertiary/aromatic N) is 4. The van der Waals surface area contributed by atoms with Crippen LogP contribution in [0, 0.1) is 5.92 Å². The first-order valence-electron chi connectivity index (χ1n) is 13.2. The number of ether oxygens (including phenoxy) is 1. The van der Waals surface area contributed by atoms with Crippen molar-refractivity contribution in [1.29, 1.82) is 0 Å². The van der Waals surface area contributed by atoms with E-state index >= 15 is 0 Å². The van der Waals surface area contributed by atoms with Crippen molar-refractivity contribution >= 4 is 23.0 Å². The number of benzene rings is 2. The van der Waals surface area contributed by atoms with Gasteiger partial charge in [-0.3, -0.25) is 0 Å². The fourth-order valence-electron chi connectivity index (χ4n) is 5.00. The van der Waals surface area contributed by atoms with Crippen LogP contribution in [0.15, 0.2) is 42.5 Å². The molecule has 0 radical (unpaired) electrons. The standard InChI is InChI=1S/C29H30F3N5O3/c1-4-17-10-13-22(40-3)21(14-17)27-36-25-23(37(27)15-18-8-11-20(12-9-18)29(30,31)32)24(34-26(35-25)28(38)39)33-16(2)19-6-5-7-19/h8-14,16,19H,4-7,15H2,1-3H3,(H,38,39)(H,33,34,35)/t16-/m1/s1. The highest BCUT2D eigenvalue weighted by Gasteiger charge is 2.31. The SMILES string of the molecule is CCc1ccc(OC)c(-c2nc3nc(C(=O)O)nc(N[C@H](C)C4CCC4)c3n2Cc2ccc(C(F)(F)F)cc2)c1. The molecule has 2 aromatic heterocycles. The first-order chi connectivity index (χ1) is 19.1. The third-order valence-corrected chi connectivity index (χ3v) is 7.55. The van der Waals surface area contributed by atoms with Crippen LogP contribution in [0.5, 0.6) is 5.75 Å². The molecule has 1 fully saturated rings. The van der Waals surface area contributed by atoms with Gasteiger partial charge in [-0.2, -0.15) is 13.2 Å². The van der Waals surface area contributed by atoms with Gasteiger partial charge in [0.15, 0.2) is 11.5 Å². The van der Waals surface area contributed by atoms with E-state index in [4.69, 9.17) is 9.72 Å². The Hall–Kier alpha value is -4.15. The molecule has 1 aliphatic carbocycles. The Morgan fingerprint density at radius 1 is 1.12 bits per heavy atom. The molecular weight excluding hydrogens is 523 g/mol. The van der Waals surface area contributed by atoms with Crippen molar-refractivity contribution in [3.8, 4) is 17.1 Å². The zero-order valence-electron chi connectivity index (χ0n) is 22.4. The first kappa shape index (κ1) is 27.4. The monoisotopic (exact) mass is 553 g/mol. The number of alkyl halides is 3. The number of anilines is 1. The van der Waals surface area contributed by atoms with Crippen molar-refractivity contribution in [3.63, 3.8) is 0 Å². The van der Waals surface area contributed by atoms with Crippen molar-refractivity contribution in [2.24, 2.45) is 5.92 Å². The fourth-order valence-corrected chi connectivity index (χ4v) is 5.00. The molecule has 11 heteroatoms. The van der Waals surface area contributed by atoms with Crippen molar-refractivity contribution in [1.82, 2.24) is 19.5 Å². The average molecular weight is 554 g/mol. The number of carbonyl (C=O) groups is 1. The molecule has 0 saturated heterocycles. The van der Waals surface area contributed by atoms with Crippen molar-refractivity contribution < 1.29 is 27.8 Å². The Balaban J connectivity index is 1.73. The second-order valence-electron chi connectivity index (χ2n) is 10.1. The third-order valence-electron chi connectivity index (χ3n) is 7.55. The lowest BCUT2D eigenvalue weighted by atomic mass is 9.80.